The lowest BCUT2D eigenvalue weighted by Gasteiger charge is -2.37. The second-order valence-electron chi connectivity index (χ2n) is 17.3. The van der Waals surface area contributed by atoms with E-state index in [0.717, 1.165) is 16.7 Å². The number of aliphatic hydroxyl groups is 1. The number of fused-ring (bicyclic) bond motifs is 5. The summed E-state index contributed by atoms with van der Waals surface area (Å²) < 4.78 is 10.1. The Labute approximate surface area is 351 Å². The van der Waals surface area contributed by atoms with Crippen LogP contribution in [0.4, 0.5) is 5.69 Å². The van der Waals surface area contributed by atoms with E-state index in [9.17, 15) is 24.3 Å². The van der Waals surface area contributed by atoms with E-state index in [-0.39, 0.29) is 42.5 Å². The number of para-hydroxylation sites is 2. The van der Waals surface area contributed by atoms with Crippen molar-refractivity contribution < 1.29 is 24.2 Å². The molecule has 1 spiro atoms. The molecule has 310 valence electrons. The van der Waals surface area contributed by atoms with Crippen molar-refractivity contribution in [2.75, 3.05) is 11.5 Å². The average molecular weight is 835 g/mol. The monoisotopic (exact) mass is 834 g/mol. The van der Waals surface area contributed by atoms with Gasteiger partial charge in [0.05, 0.1) is 70.6 Å². The number of aromatic amines is 2. The Kier molecular flexibility index (Phi) is 9.18. The zero-order valence-corrected chi connectivity index (χ0v) is 35.0. The van der Waals surface area contributed by atoms with E-state index in [2.05, 4.69) is 10.2 Å². The molecule has 0 bridgehead atoms. The van der Waals surface area contributed by atoms with Crippen molar-refractivity contribution >= 4 is 47.6 Å². The molecule has 5 heterocycles. The number of carbonyl (C=O) groups excluding carboxylic acids is 2. The van der Waals surface area contributed by atoms with Gasteiger partial charge in [0.15, 0.2) is 13.9 Å². The van der Waals surface area contributed by atoms with Crippen molar-refractivity contribution in [3.63, 3.8) is 0 Å². The van der Waals surface area contributed by atoms with Gasteiger partial charge in [-0.3, -0.25) is 29.4 Å². The van der Waals surface area contributed by atoms with Gasteiger partial charge in [0.2, 0.25) is 5.91 Å². The fourth-order valence-corrected chi connectivity index (χ4v) is 12.9. The standard InChI is InChI=1S/C47H46N6O7Si/c1-28-43(61(2,3)59)41(24-42(55)50-26-31-13-5-4-12-30(31)22-34(50)27-54)60-47(28)37-23-33(53-45(57)36-16-7-9-18-39(36)49-53)19-20-40(37)51(46(47)58)25-29-11-10-14-32(21-29)52-44(56)35-15-6-8-17-38(35)48-52/h4-21,23,28,34,41,43,48-49,54,59H,22,24-27H2,1-3H3/t28-,34+,41+,43-,47+/m1/s1. The van der Waals surface area contributed by atoms with Crippen molar-refractivity contribution in [3.8, 4) is 11.4 Å². The molecule has 4 N–H and O–H groups in total. The Hall–Kier alpha value is -6.32. The number of aromatic nitrogens is 4. The molecule has 0 unspecified atom stereocenters. The molecule has 14 heteroatoms. The van der Waals surface area contributed by atoms with Crippen LogP contribution in [0.25, 0.3) is 33.2 Å². The first-order valence-corrected chi connectivity index (χ1v) is 23.7. The number of ether oxygens (including phenoxy) is 1. The zero-order valence-electron chi connectivity index (χ0n) is 34.0. The van der Waals surface area contributed by atoms with E-state index in [4.69, 9.17) is 4.74 Å². The Morgan fingerprint density at radius 2 is 1.43 bits per heavy atom. The number of amides is 2. The molecular weight excluding hydrogens is 789 g/mol. The minimum absolute atomic E-state index is 0.0997. The highest BCUT2D eigenvalue weighted by Gasteiger charge is 2.66. The minimum Gasteiger partial charge on any atom is -0.432 e. The molecule has 7 aromatic rings. The van der Waals surface area contributed by atoms with Gasteiger partial charge in [-0.2, -0.15) is 0 Å². The fourth-order valence-electron chi connectivity index (χ4n) is 10.4. The van der Waals surface area contributed by atoms with E-state index >= 15 is 4.79 Å². The number of nitrogens with one attached hydrogen (secondary N) is 2. The quantitative estimate of drug-likeness (QED) is 0.144. The van der Waals surface area contributed by atoms with E-state index in [0.29, 0.717) is 57.4 Å². The first kappa shape index (κ1) is 38.9. The van der Waals surface area contributed by atoms with Crippen LogP contribution in [-0.4, -0.2) is 73.2 Å². The third-order valence-electron chi connectivity index (χ3n) is 13.2. The van der Waals surface area contributed by atoms with Crippen LogP contribution in [0.2, 0.25) is 18.6 Å². The van der Waals surface area contributed by atoms with Gasteiger partial charge in [0.1, 0.15) is 0 Å². The van der Waals surface area contributed by atoms with Crippen LogP contribution in [-0.2, 0) is 39.4 Å². The van der Waals surface area contributed by atoms with Gasteiger partial charge < -0.3 is 24.4 Å². The highest BCUT2D eigenvalue weighted by atomic mass is 28.4. The lowest BCUT2D eigenvalue weighted by molar-refractivity contribution is -0.151. The Bertz CT molecular complexity index is 3020. The topological polar surface area (TPSA) is 166 Å². The molecule has 10 rings (SSSR count). The normalized spacial score (nSPS) is 22.4. The van der Waals surface area contributed by atoms with Crippen LogP contribution in [0.5, 0.6) is 0 Å². The molecule has 5 aromatic carbocycles. The summed E-state index contributed by atoms with van der Waals surface area (Å²) in [6, 6.07) is 34.9. The molecule has 1 fully saturated rings. The van der Waals surface area contributed by atoms with Gasteiger partial charge in [-0.05, 0) is 90.8 Å². The maximum Gasteiger partial charge on any atom is 0.279 e. The van der Waals surface area contributed by atoms with Gasteiger partial charge in [-0.1, -0.05) is 67.6 Å². The zero-order chi connectivity index (χ0) is 42.4. The van der Waals surface area contributed by atoms with Gasteiger partial charge >= 0.3 is 0 Å². The molecule has 2 aromatic heterocycles. The summed E-state index contributed by atoms with van der Waals surface area (Å²) in [6.07, 6.45) is -0.419. The number of benzene rings is 5. The molecule has 0 saturated carbocycles. The summed E-state index contributed by atoms with van der Waals surface area (Å²) in [5, 5.41) is 17.9. The fraction of sp³-hybridized carbons (Fsp3) is 0.277. The van der Waals surface area contributed by atoms with Crippen LogP contribution in [0, 0.1) is 5.92 Å². The lowest BCUT2D eigenvalue weighted by atomic mass is 9.82. The van der Waals surface area contributed by atoms with Crippen molar-refractivity contribution in [2.24, 2.45) is 5.92 Å². The first-order chi connectivity index (χ1) is 29.4. The molecule has 1 saturated heterocycles. The summed E-state index contributed by atoms with van der Waals surface area (Å²) in [4.78, 5) is 72.5. The number of hydrogen-bond acceptors (Lipinski definition) is 7. The molecule has 3 aliphatic heterocycles. The minimum atomic E-state index is -3.18. The number of H-pyrrole nitrogens is 2. The van der Waals surface area contributed by atoms with Gasteiger partial charge in [-0.25, -0.2) is 9.36 Å². The number of nitrogens with zero attached hydrogens (tertiary/aromatic N) is 4. The van der Waals surface area contributed by atoms with Crippen LogP contribution in [0.3, 0.4) is 0 Å². The van der Waals surface area contributed by atoms with Crippen LogP contribution in [0.15, 0.2) is 125 Å². The predicted octanol–water partition coefficient (Wildman–Crippen LogP) is 5.63. The second-order valence-corrected chi connectivity index (χ2v) is 21.2. The number of anilines is 1. The van der Waals surface area contributed by atoms with E-state index in [1.807, 2.05) is 111 Å². The molecular formula is C47H46N6O7Si. The number of rotatable bonds is 8. The maximum absolute atomic E-state index is 15.5. The Morgan fingerprint density at radius 3 is 2.07 bits per heavy atom. The highest BCUT2D eigenvalue weighted by molar-refractivity contribution is 6.71. The van der Waals surface area contributed by atoms with Crippen molar-refractivity contribution in [2.45, 2.75) is 69.2 Å². The third-order valence-corrected chi connectivity index (χ3v) is 15.7. The average Bonchev–Trinajstić information content (AvgIpc) is 3.95. The summed E-state index contributed by atoms with van der Waals surface area (Å²) in [7, 11) is -3.18. The van der Waals surface area contributed by atoms with Crippen LogP contribution in [0.1, 0.15) is 35.6 Å². The number of hydrogen-bond donors (Lipinski definition) is 4. The van der Waals surface area contributed by atoms with E-state index in [1.54, 1.807) is 34.1 Å². The summed E-state index contributed by atoms with van der Waals surface area (Å²) >= 11 is 0. The van der Waals surface area contributed by atoms with E-state index < -0.39 is 37.5 Å². The third kappa shape index (κ3) is 6.15. The highest BCUT2D eigenvalue weighted by Crippen LogP contribution is 2.60. The molecule has 13 nitrogen and oxygen atoms in total. The Morgan fingerprint density at radius 1 is 0.803 bits per heavy atom. The molecule has 3 aliphatic rings. The molecule has 5 atom stereocenters. The Balaban J connectivity index is 1.06. The van der Waals surface area contributed by atoms with E-state index in [1.165, 1.54) is 9.36 Å². The summed E-state index contributed by atoms with van der Waals surface area (Å²) in [5.41, 5.74) is 3.83. The lowest BCUT2D eigenvalue weighted by Crippen LogP contribution is -2.48. The van der Waals surface area contributed by atoms with Gasteiger partial charge in [0, 0.05) is 23.6 Å². The van der Waals surface area contributed by atoms with Gasteiger partial charge in [-0.15, -0.1) is 0 Å². The largest absolute Gasteiger partial charge is 0.432 e. The first-order valence-electron chi connectivity index (χ1n) is 20.7. The summed E-state index contributed by atoms with van der Waals surface area (Å²) in [6.45, 7) is 5.81. The number of carbonyl (C=O) groups is 2. The van der Waals surface area contributed by atoms with Crippen molar-refractivity contribution in [1.82, 2.24) is 24.5 Å². The van der Waals surface area contributed by atoms with Crippen molar-refractivity contribution in [1.29, 1.82) is 0 Å². The smallest absolute Gasteiger partial charge is 0.279 e. The van der Waals surface area contributed by atoms with Crippen LogP contribution < -0.4 is 16.0 Å². The second kappa shape index (κ2) is 14.4. The maximum atomic E-state index is 15.5. The SMILES string of the molecule is C[C@@H]1[C@@H]([Si](C)(C)O)[C@H](CC(=O)N2Cc3ccccc3C[C@H]2CO)O[C@@]12C(=O)N(Cc1cccc(-n3[nH]c4ccccc4c3=O)c1)c1ccc(-n3[nH]c4ccccc4c3=O)cc12. The summed E-state index contributed by atoms with van der Waals surface area (Å²) in [5.74, 6) is -1.16. The van der Waals surface area contributed by atoms with Crippen molar-refractivity contribution in [3.05, 3.63) is 158 Å². The number of aliphatic hydroxyl groups excluding tert-OH is 1. The molecule has 0 aliphatic carbocycles. The molecule has 2 amide bonds. The molecule has 61 heavy (non-hydrogen) atoms. The molecule has 0 radical (unpaired) electrons. The predicted molar refractivity (Wildman–Crippen MR) is 234 cm³/mol. The van der Waals surface area contributed by atoms with Crippen LogP contribution >= 0.6 is 0 Å². The van der Waals surface area contributed by atoms with Gasteiger partial charge in [0.25, 0.3) is 17.0 Å².